The highest BCUT2D eigenvalue weighted by atomic mass is 35.5. The van der Waals surface area contributed by atoms with Gasteiger partial charge in [0.2, 0.25) is 0 Å². The van der Waals surface area contributed by atoms with Gasteiger partial charge < -0.3 is 4.74 Å². The molecule has 1 aliphatic heterocycles. The summed E-state index contributed by atoms with van der Waals surface area (Å²) in [5, 5.41) is 0. The molecule has 1 fully saturated rings. The third-order valence-corrected chi connectivity index (χ3v) is 6.48. The van der Waals surface area contributed by atoms with Crippen LogP contribution in [-0.2, 0) is 14.6 Å². The van der Waals surface area contributed by atoms with Gasteiger partial charge in [0, 0.05) is 17.9 Å². The molecule has 0 radical (unpaired) electrons. The Balaban J connectivity index is 2.64. The molecule has 0 aromatic rings. The Bertz CT molecular complexity index is 324. The summed E-state index contributed by atoms with van der Waals surface area (Å²) in [6, 6.07) is 0. The van der Waals surface area contributed by atoms with E-state index in [0.717, 1.165) is 6.42 Å². The lowest BCUT2D eigenvalue weighted by molar-refractivity contribution is 0.159. The van der Waals surface area contributed by atoms with E-state index in [0.29, 0.717) is 25.5 Å². The van der Waals surface area contributed by atoms with Gasteiger partial charge in [0.1, 0.15) is 0 Å². The predicted octanol–water partition coefficient (Wildman–Crippen LogP) is 2.24. The van der Waals surface area contributed by atoms with E-state index in [1.54, 1.807) is 20.8 Å². The van der Waals surface area contributed by atoms with E-state index in [4.69, 9.17) is 16.3 Å². The lowest BCUT2D eigenvalue weighted by Gasteiger charge is -2.26. The number of sulfone groups is 1. The summed E-state index contributed by atoms with van der Waals surface area (Å²) in [4.78, 5) is 0. The van der Waals surface area contributed by atoms with Crippen molar-refractivity contribution in [2.24, 2.45) is 5.41 Å². The van der Waals surface area contributed by atoms with Crippen LogP contribution in [-0.4, -0.2) is 38.0 Å². The average Bonchev–Trinajstić information content (AvgIpc) is 2.62. The lowest BCUT2D eigenvalue weighted by Crippen LogP contribution is -2.34. The molecule has 0 bridgehead atoms. The van der Waals surface area contributed by atoms with Gasteiger partial charge in [-0.05, 0) is 33.6 Å². The van der Waals surface area contributed by atoms with Gasteiger partial charge >= 0.3 is 0 Å². The van der Waals surface area contributed by atoms with Gasteiger partial charge in [-0.15, -0.1) is 11.6 Å². The fourth-order valence-corrected chi connectivity index (χ4v) is 3.33. The van der Waals surface area contributed by atoms with Crippen LogP contribution < -0.4 is 0 Å². The molecule has 0 aromatic heterocycles. The van der Waals surface area contributed by atoms with Crippen LogP contribution in [0.1, 0.15) is 33.6 Å². The number of halogens is 1. The first kappa shape index (κ1) is 14.3. The van der Waals surface area contributed by atoms with Crippen LogP contribution >= 0.6 is 11.6 Å². The molecule has 1 rings (SSSR count). The quantitative estimate of drug-likeness (QED) is 0.735. The maximum absolute atomic E-state index is 12.0. The van der Waals surface area contributed by atoms with Crippen molar-refractivity contribution in [3.63, 3.8) is 0 Å². The van der Waals surface area contributed by atoms with E-state index in [1.807, 2.05) is 0 Å². The Labute approximate surface area is 103 Å². The standard InChI is InChI=1S/C11H21ClO3S/c1-10(2,3)16(13,14)7-5-11(8-12)4-6-15-9-11/h4-9H2,1-3H3. The molecule has 5 heteroatoms. The highest BCUT2D eigenvalue weighted by molar-refractivity contribution is 7.92. The van der Waals surface area contributed by atoms with Crippen LogP contribution in [0.5, 0.6) is 0 Å². The van der Waals surface area contributed by atoms with E-state index in [9.17, 15) is 8.42 Å². The number of ether oxygens (including phenoxy) is 1. The second-order valence-electron chi connectivity index (χ2n) is 5.62. The highest BCUT2D eigenvalue weighted by Gasteiger charge is 2.37. The minimum Gasteiger partial charge on any atom is -0.381 e. The van der Waals surface area contributed by atoms with Gasteiger partial charge in [0.25, 0.3) is 0 Å². The first-order chi connectivity index (χ1) is 7.22. The van der Waals surface area contributed by atoms with E-state index in [1.165, 1.54) is 0 Å². The Morgan fingerprint density at radius 1 is 1.38 bits per heavy atom. The normalized spacial score (nSPS) is 27.2. The molecule has 1 unspecified atom stereocenters. The van der Waals surface area contributed by atoms with E-state index in [2.05, 4.69) is 0 Å². The third kappa shape index (κ3) is 3.11. The van der Waals surface area contributed by atoms with Gasteiger partial charge in [-0.1, -0.05) is 0 Å². The zero-order valence-corrected chi connectivity index (χ0v) is 11.8. The number of hydrogen-bond donors (Lipinski definition) is 0. The van der Waals surface area contributed by atoms with Crippen molar-refractivity contribution in [1.82, 2.24) is 0 Å². The maximum Gasteiger partial charge on any atom is 0.155 e. The molecule has 0 saturated carbocycles. The molecule has 1 aliphatic rings. The van der Waals surface area contributed by atoms with Crippen LogP contribution in [0.4, 0.5) is 0 Å². The maximum atomic E-state index is 12.0. The molecule has 0 amide bonds. The SMILES string of the molecule is CC(C)(C)S(=O)(=O)CCC1(CCl)CCOC1. The average molecular weight is 269 g/mol. The molecule has 3 nitrogen and oxygen atoms in total. The van der Waals surface area contributed by atoms with Gasteiger partial charge in [-0.2, -0.15) is 0 Å². The van der Waals surface area contributed by atoms with Crippen LogP contribution in [0, 0.1) is 5.41 Å². The molecule has 16 heavy (non-hydrogen) atoms. The minimum absolute atomic E-state index is 0.125. The molecule has 1 saturated heterocycles. The van der Waals surface area contributed by atoms with Crippen molar-refractivity contribution in [1.29, 1.82) is 0 Å². The molecular weight excluding hydrogens is 248 g/mol. The molecule has 0 aromatic carbocycles. The number of alkyl halides is 1. The van der Waals surface area contributed by atoms with Crippen molar-refractivity contribution in [3.8, 4) is 0 Å². The summed E-state index contributed by atoms with van der Waals surface area (Å²) in [6.07, 6.45) is 1.48. The van der Waals surface area contributed by atoms with Gasteiger partial charge in [-0.25, -0.2) is 8.42 Å². The van der Waals surface area contributed by atoms with Gasteiger partial charge in [-0.3, -0.25) is 0 Å². The fourth-order valence-electron chi connectivity index (χ4n) is 1.68. The predicted molar refractivity (Wildman–Crippen MR) is 66.7 cm³/mol. The van der Waals surface area contributed by atoms with Gasteiger partial charge in [0.15, 0.2) is 9.84 Å². The van der Waals surface area contributed by atoms with Crippen LogP contribution in [0.3, 0.4) is 0 Å². The summed E-state index contributed by atoms with van der Waals surface area (Å²) in [5.41, 5.74) is -0.125. The summed E-state index contributed by atoms with van der Waals surface area (Å²) < 4.78 is 28.6. The second kappa shape index (κ2) is 4.83. The van der Waals surface area contributed by atoms with E-state index < -0.39 is 14.6 Å². The van der Waals surface area contributed by atoms with Crippen molar-refractivity contribution in [2.45, 2.75) is 38.4 Å². The Hall–Kier alpha value is 0.200. The molecule has 0 spiro atoms. The third-order valence-electron chi connectivity index (χ3n) is 3.30. The fraction of sp³-hybridized carbons (Fsp3) is 1.00. The van der Waals surface area contributed by atoms with Crippen molar-refractivity contribution < 1.29 is 13.2 Å². The highest BCUT2D eigenvalue weighted by Crippen LogP contribution is 2.35. The summed E-state index contributed by atoms with van der Waals surface area (Å²) in [5.74, 6) is 0.680. The van der Waals surface area contributed by atoms with E-state index >= 15 is 0 Å². The van der Waals surface area contributed by atoms with Crippen LogP contribution in [0.2, 0.25) is 0 Å². The lowest BCUT2D eigenvalue weighted by atomic mass is 9.87. The van der Waals surface area contributed by atoms with Crippen molar-refractivity contribution in [3.05, 3.63) is 0 Å². The number of hydrogen-bond acceptors (Lipinski definition) is 3. The second-order valence-corrected chi connectivity index (χ2v) is 8.75. The largest absolute Gasteiger partial charge is 0.381 e. The zero-order chi connectivity index (χ0) is 12.4. The monoisotopic (exact) mass is 268 g/mol. The smallest absolute Gasteiger partial charge is 0.155 e. The van der Waals surface area contributed by atoms with Crippen molar-refractivity contribution >= 4 is 21.4 Å². The summed E-state index contributed by atoms with van der Waals surface area (Å²) in [6.45, 7) is 6.50. The molecule has 96 valence electrons. The summed E-state index contributed by atoms with van der Waals surface area (Å²) in [7, 11) is -3.05. The zero-order valence-electron chi connectivity index (χ0n) is 10.3. The van der Waals surface area contributed by atoms with Gasteiger partial charge in [0.05, 0.1) is 17.1 Å². The topological polar surface area (TPSA) is 43.4 Å². The first-order valence-electron chi connectivity index (χ1n) is 5.58. The molecule has 1 atom stereocenters. The molecule has 1 heterocycles. The van der Waals surface area contributed by atoms with Crippen LogP contribution in [0.25, 0.3) is 0 Å². The van der Waals surface area contributed by atoms with Crippen LogP contribution in [0.15, 0.2) is 0 Å². The summed E-state index contributed by atoms with van der Waals surface area (Å²) >= 11 is 5.93. The Kier molecular flexibility index (Phi) is 4.30. The van der Waals surface area contributed by atoms with Crippen molar-refractivity contribution in [2.75, 3.05) is 24.8 Å². The molecule has 0 N–H and O–H groups in total. The Morgan fingerprint density at radius 2 is 2.00 bits per heavy atom. The first-order valence-corrected chi connectivity index (χ1v) is 7.77. The molecular formula is C11H21ClO3S. The minimum atomic E-state index is -3.05. The Morgan fingerprint density at radius 3 is 2.38 bits per heavy atom. The molecule has 0 aliphatic carbocycles. The van der Waals surface area contributed by atoms with E-state index in [-0.39, 0.29) is 11.2 Å². The number of rotatable bonds is 4.